The number of anilines is 1. The number of aryl methyl sites for hydroxylation is 2. The van der Waals surface area contributed by atoms with Crippen molar-refractivity contribution in [2.24, 2.45) is 0 Å². The van der Waals surface area contributed by atoms with E-state index in [1.165, 1.54) is 17.0 Å². The highest BCUT2D eigenvalue weighted by molar-refractivity contribution is 5.99. The third-order valence-corrected chi connectivity index (χ3v) is 4.57. The van der Waals surface area contributed by atoms with Gasteiger partial charge in [0, 0.05) is 18.4 Å². The van der Waals surface area contributed by atoms with Crippen LogP contribution in [0.5, 0.6) is 0 Å². The zero-order chi connectivity index (χ0) is 18.1. The third-order valence-electron chi connectivity index (χ3n) is 4.57. The van der Waals surface area contributed by atoms with Crippen molar-refractivity contribution in [3.05, 3.63) is 59.2 Å². The van der Waals surface area contributed by atoms with Gasteiger partial charge in [0.15, 0.2) is 0 Å². The summed E-state index contributed by atoms with van der Waals surface area (Å²) in [7, 11) is 0. The predicted molar refractivity (Wildman–Crippen MR) is 95.5 cm³/mol. The van der Waals surface area contributed by atoms with Gasteiger partial charge in [-0.25, -0.2) is 9.18 Å². The van der Waals surface area contributed by atoms with Crippen LogP contribution in [0.1, 0.15) is 23.7 Å². The third kappa shape index (κ3) is 2.95. The van der Waals surface area contributed by atoms with Crippen molar-refractivity contribution in [1.29, 1.82) is 0 Å². The van der Waals surface area contributed by atoms with Crippen LogP contribution in [0.25, 0.3) is 11.0 Å². The van der Waals surface area contributed by atoms with Crippen molar-refractivity contribution in [2.75, 3.05) is 4.90 Å². The van der Waals surface area contributed by atoms with Gasteiger partial charge in [0.2, 0.25) is 0 Å². The van der Waals surface area contributed by atoms with Gasteiger partial charge in [-0.1, -0.05) is 12.1 Å². The minimum atomic E-state index is -1.06. The largest absolute Gasteiger partial charge is 0.465 e. The van der Waals surface area contributed by atoms with Crippen molar-refractivity contribution in [3.63, 3.8) is 0 Å². The molecule has 1 N–H and O–H groups in total. The van der Waals surface area contributed by atoms with Crippen LogP contribution in [0.15, 0.2) is 36.5 Å². The molecule has 2 heterocycles. The number of halogens is 1. The number of rotatable bonds is 4. The molecule has 2 aromatic heterocycles. The number of aromatic nitrogens is 2. The van der Waals surface area contributed by atoms with E-state index in [2.05, 4.69) is 9.55 Å². The summed E-state index contributed by atoms with van der Waals surface area (Å²) in [6.45, 7) is 6.88. The Balaban J connectivity index is 2.15. The molecule has 1 amide bonds. The summed E-state index contributed by atoms with van der Waals surface area (Å²) in [5.41, 5.74) is 5.04. The van der Waals surface area contributed by atoms with Crippen LogP contribution >= 0.6 is 0 Å². The van der Waals surface area contributed by atoms with Gasteiger partial charge in [0.25, 0.3) is 0 Å². The maximum absolute atomic E-state index is 13.1. The average molecular weight is 341 g/mol. The highest BCUT2D eigenvalue weighted by atomic mass is 19.1. The molecule has 0 aliphatic carbocycles. The SMILES string of the molecule is CCn1c(C)c(C)c2nccc(N(Cc3ccc(F)cc3)C(=O)O)c21. The Kier molecular flexibility index (Phi) is 4.44. The minimum Gasteiger partial charge on any atom is -0.465 e. The van der Waals surface area contributed by atoms with Gasteiger partial charge in [-0.05, 0) is 50.1 Å². The first-order chi connectivity index (χ1) is 11.9. The molecule has 130 valence electrons. The number of amides is 1. The number of benzene rings is 1. The van der Waals surface area contributed by atoms with Gasteiger partial charge < -0.3 is 9.67 Å². The minimum absolute atomic E-state index is 0.141. The lowest BCUT2D eigenvalue weighted by atomic mass is 10.2. The number of nitrogens with zero attached hydrogens (tertiary/aromatic N) is 3. The maximum atomic E-state index is 13.1. The summed E-state index contributed by atoms with van der Waals surface area (Å²) in [6, 6.07) is 7.57. The fraction of sp³-hybridized carbons (Fsp3) is 0.263. The first-order valence-corrected chi connectivity index (χ1v) is 8.13. The molecule has 3 rings (SSSR count). The summed E-state index contributed by atoms with van der Waals surface area (Å²) in [5, 5.41) is 9.76. The molecule has 25 heavy (non-hydrogen) atoms. The second-order valence-electron chi connectivity index (χ2n) is 5.98. The fourth-order valence-corrected chi connectivity index (χ4v) is 3.17. The standard InChI is InChI=1S/C19H20FN3O2/c1-4-22-13(3)12(2)17-18(22)16(9-10-21-17)23(19(24)25)11-14-5-7-15(20)8-6-14/h5-10H,4,11H2,1-3H3,(H,24,25). The summed E-state index contributed by atoms with van der Waals surface area (Å²) < 4.78 is 15.2. The molecule has 0 unspecified atom stereocenters. The Labute approximate surface area is 145 Å². The molecule has 0 atom stereocenters. The number of pyridine rings is 1. The van der Waals surface area contributed by atoms with Crippen LogP contribution in [0, 0.1) is 19.7 Å². The van der Waals surface area contributed by atoms with Crippen molar-refractivity contribution in [1.82, 2.24) is 9.55 Å². The molecule has 0 fully saturated rings. The first-order valence-electron chi connectivity index (χ1n) is 8.13. The summed E-state index contributed by atoms with van der Waals surface area (Å²) in [4.78, 5) is 17.6. The van der Waals surface area contributed by atoms with Gasteiger partial charge in [-0.15, -0.1) is 0 Å². The fourth-order valence-electron chi connectivity index (χ4n) is 3.17. The van der Waals surface area contributed by atoms with Crippen LogP contribution in [-0.4, -0.2) is 20.8 Å². The van der Waals surface area contributed by atoms with E-state index in [0.29, 0.717) is 5.69 Å². The molecule has 5 nitrogen and oxygen atoms in total. The molecule has 0 aliphatic rings. The number of fused-ring (bicyclic) bond motifs is 1. The van der Waals surface area contributed by atoms with E-state index in [0.717, 1.165) is 34.4 Å². The van der Waals surface area contributed by atoms with Gasteiger partial charge in [-0.3, -0.25) is 9.88 Å². The van der Waals surface area contributed by atoms with Crippen molar-refractivity contribution < 1.29 is 14.3 Å². The van der Waals surface area contributed by atoms with E-state index in [1.807, 2.05) is 20.8 Å². The van der Waals surface area contributed by atoms with E-state index < -0.39 is 6.09 Å². The van der Waals surface area contributed by atoms with E-state index in [9.17, 15) is 14.3 Å². The quantitative estimate of drug-likeness (QED) is 0.760. The summed E-state index contributed by atoms with van der Waals surface area (Å²) >= 11 is 0. The van der Waals surface area contributed by atoms with Crippen LogP contribution in [0.3, 0.4) is 0 Å². The van der Waals surface area contributed by atoms with Crippen molar-refractivity contribution in [2.45, 2.75) is 33.9 Å². The number of hydrogen-bond donors (Lipinski definition) is 1. The zero-order valence-electron chi connectivity index (χ0n) is 14.5. The van der Waals surface area contributed by atoms with Crippen molar-refractivity contribution in [3.8, 4) is 0 Å². The maximum Gasteiger partial charge on any atom is 0.412 e. The topological polar surface area (TPSA) is 58.4 Å². The number of carbonyl (C=O) groups is 1. The number of carboxylic acid groups (broad SMARTS) is 1. The summed E-state index contributed by atoms with van der Waals surface area (Å²) in [6.07, 6.45) is 0.570. The van der Waals surface area contributed by atoms with Gasteiger partial charge in [0.05, 0.1) is 23.3 Å². The predicted octanol–water partition coefficient (Wildman–Crippen LogP) is 4.50. The molecule has 1 aromatic carbocycles. The second kappa shape index (κ2) is 6.55. The molecule has 6 heteroatoms. The van der Waals surface area contributed by atoms with Crippen LogP contribution < -0.4 is 4.90 Å². The molecule has 0 spiro atoms. The lowest BCUT2D eigenvalue weighted by molar-refractivity contribution is 0.201. The van der Waals surface area contributed by atoms with Crippen LogP contribution in [-0.2, 0) is 13.1 Å². The Bertz CT molecular complexity index is 932. The molecule has 0 radical (unpaired) electrons. The highest BCUT2D eigenvalue weighted by Crippen LogP contribution is 2.32. The smallest absolute Gasteiger partial charge is 0.412 e. The molecule has 0 saturated heterocycles. The lowest BCUT2D eigenvalue weighted by Crippen LogP contribution is -2.29. The van der Waals surface area contributed by atoms with E-state index in [4.69, 9.17) is 0 Å². The van der Waals surface area contributed by atoms with Crippen LogP contribution in [0.4, 0.5) is 14.9 Å². The van der Waals surface area contributed by atoms with E-state index >= 15 is 0 Å². The molecule has 0 bridgehead atoms. The highest BCUT2D eigenvalue weighted by Gasteiger charge is 2.22. The normalized spacial score (nSPS) is 11.0. The molecule has 0 saturated carbocycles. The first kappa shape index (κ1) is 17.0. The molecular weight excluding hydrogens is 321 g/mol. The van der Waals surface area contributed by atoms with Gasteiger partial charge in [0.1, 0.15) is 5.82 Å². The van der Waals surface area contributed by atoms with E-state index in [1.54, 1.807) is 24.4 Å². The Hall–Kier alpha value is -2.89. The Morgan fingerprint density at radius 2 is 1.92 bits per heavy atom. The Morgan fingerprint density at radius 3 is 2.52 bits per heavy atom. The summed E-state index contributed by atoms with van der Waals surface area (Å²) in [5.74, 6) is -0.344. The van der Waals surface area contributed by atoms with E-state index in [-0.39, 0.29) is 12.4 Å². The monoisotopic (exact) mass is 341 g/mol. The Morgan fingerprint density at radius 1 is 1.24 bits per heavy atom. The molecule has 3 aromatic rings. The molecular formula is C19H20FN3O2. The molecule has 0 aliphatic heterocycles. The lowest BCUT2D eigenvalue weighted by Gasteiger charge is -2.21. The number of hydrogen-bond acceptors (Lipinski definition) is 2. The van der Waals surface area contributed by atoms with Gasteiger partial charge >= 0.3 is 6.09 Å². The van der Waals surface area contributed by atoms with Gasteiger partial charge in [-0.2, -0.15) is 0 Å². The van der Waals surface area contributed by atoms with Crippen LogP contribution in [0.2, 0.25) is 0 Å². The second-order valence-corrected chi connectivity index (χ2v) is 5.98. The zero-order valence-corrected chi connectivity index (χ0v) is 14.5. The van der Waals surface area contributed by atoms with Crippen molar-refractivity contribution >= 4 is 22.8 Å². The average Bonchev–Trinajstić information content (AvgIpc) is 2.85.